The van der Waals surface area contributed by atoms with Crippen molar-refractivity contribution in [2.45, 2.75) is 18.9 Å². The number of aromatic nitrogens is 1. The Bertz CT molecular complexity index is 1330. The van der Waals surface area contributed by atoms with Gasteiger partial charge in [0.2, 0.25) is 5.91 Å². The van der Waals surface area contributed by atoms with Crippen LogP contribution in [0.5, 0.6) is 0 Å². The Morgan fingerprint density at radius 2 is 1.89 bits per heavy atom. The van der Waals surface area contributed by atoms with Crippen LogP contribution in [0.4, 0.5) is 0 Å². The average Bonchev–Trinajstić information content (AvgIpc) is 3.38. The number of carbonyl (C=O) groups excluding carboxylic acids is 2. The number of aromatic amines is 1. The lowest BCUT2D eigenvalue weighted by atomic mass is 10.0. The molecule has 1 aliphatic heterocycles. The van der Waals surface area contributed by atoms with E-state index in [1.54, 1.807) is 18.3 Å². The largest absolute Gasteiger partial charge is 0.480 e. The predicted octanol–water partition coefficient (Wildman–Crippen LogP) is 4.13. The maximum absolute atomic E-state index is 12.7. The van der Waals surface area contributed by atoms with E-state index in [2.05, 4.69) is 10.3 Å². The van der Waals surface area contributed by atoms with Gasteiger partial charge in [-0.1, -0.05) is 84.7 Å². The highest BCUT2D eigenvalue weighted by Gasteiger charge is 2.32. The van der Waals surface area contributed by atoms with Gasteiger partial charge in [-0.3, -0.25) is 14.5 Å². The predicted molar refractivity (Wildman–Crippen MR) is 142 cm³/mol. The molecule has 1 aromatic heterocycles. The summed E-state index contributed by atoms with van der Waals surface area (Å²) in [6.07, 6.45) is 7.22. The molecule has 3 aromatic rings. The van der Waals surface area contributed by atoms with Crippen molar-refractivity contribution in [3.63, 3.8) is 0 Å². The fourth-order valence-corrected chi connectivity index (χ4v) is 4.98. The van der Waals surface area contributed by atoms with Crippen LogP contribution in [0.15, 0.2) is 77.9 Å². The first-order valence-electron chi connectivity index (χ1n) is 11.0. The molecular formula is C26H23N3O4S2. The van der Waals surface area contributed by atoms with Gasteiger partial charge in [0, 0.05) is 36.5 Å². The van der Waals surface area contributed by atoms with Gasteiger partial charge in [-0.25, -0.2) is 4.79 Å². The molecular weight excluding hydrogens is 482 g/mol. The van der Waals surface area contributed by atoms with E-state index < -0.39 is 17.9 Å². The number of thiocarbonyl (C=S) groups is 1. The minimum absolute atomic E-state index is 0.0583. The van der Waals surface area contributed by atoms with Crippen LogP contribution in [0.25, 0.3) is 17.0 Å². The summed E-state index contributed by atoms with van der Waals surface area (Å²) in [5.74, 6) is -1.85. The van der Waals surface area contributed by atoms with Gasteiger partial charge in [0.15, 0.2) is 0 Å². The SMILES string of the molecule is O=C(CCN1C(=O)/C(=C\C=C\c2ccccc2)SC1=S)N[C@@H](Cc1c[nH]c2ccccc12)C(=O)O. The van der Waals surface area contributed by atoms with Crippen molar-refractivity contribution >= 4 is 63.1 Å². The molecule has 1 atom stereocenters. The number of fused-ring (bicyclic) bond motifs is 1. The quantitative estimate of drug-likeness (QED) is 0.299. The molecule has 2 heterocycles. The lowest BCUT2D eigenvalue weighted by Gasteiger charge is -2.17. The fraction of sp³-hybridized carbons (Fsp3) is 0.154. The third-order valence-electron chi connectivity index (χ3n) is 5.50. The number of carbonyl (C=O) groups is 3. The number of nitrogens with one attached hydrogen (secondary N) is 2. The number of carboxylic acid groups (broad SMARTS) is 1. The summed E-state index contributed by atoms with van der Waals surface area (Å²) in [7, 11) is 0. The van der Waals surface area contributed by atoms with Gasteiger partial charge < -0.3 is 15.4 Å². The molecule has 0 unspecified atom stereocenters. The van der Waals surface area contributed by atoms with E-state index >= 15 is 0 Å². The van der Waals surface area contributed by atoms with Crippen molar-refractivity contribution in [1.29, 1.82) is 0 Å². The van der Waals surface area contributed by atoms with Gasteiger partial charge in [0.05, 0.1) is 4.91 Å². The normalized spacial score (nSPS) is 15.9. The summed E-state index contributed by atoms with van der Waals surface area (Å²) in [5.41, 5.74) is 2.72. The summed E-state index contributed by atoms with van der Waals surface area (Å²) in [6, 6.07) is 16.2. The zero-order valence-corrected chi connectivity index (χ0v) is 20.3. The minimum atomic E-state index is -1.12. The number of amides is 2. The summed E-state index contributed by atoms with van der Waals surface area (Å²) in [4.78, 5) is 42.0. The molecule has 2 aromatic carbocycles. The molecule has 2 amide bonds. The first kappa shape index (κ1) is 24.4. The van der Waals surface area contributed by atoms with Crippen LogP contribution in [0, 0.1) is 0 Å². The Balaban J connectivity index is 1.33. The van der Waals surface area contributed by atoms with E-state index in [9.17, 15) is 19.5 Å². The lowest BCUT2D eigenvalue weighted by molar-refractivity contribution is -0.141. The number of H-pyrrole nitrogens is 1. The molecule has 178 valence electrons. The number of hydrogen-bond acceptors (Lipinski definition) is 5. The Morgan fingerprint density at radius 1 is 1.14 bits per heavy atom. The van der Waals surface area contributed by atoms with E-state index in [1.165, 1.54) is 16.7 Å². The van der Waals surface area contributed by atoms with Gasteiger partial charge in [0.25, 0.3) is 5.91 Å². The number of nitrogens with zero attached hydrogens (tertiary/aromatic N) is 1. The van der Waals surface area contributed by atoms with Crippen LogP contribution in [0.3, 0.4) is 0 Å². The number of allylic oxidation sites excluding steroid dienone is 2. The zero-order valence-electron chi connectivity index (χ0n) is 18.6. The van der Waals surface area contributed by atoms with Crippen LogP contribution in [0.2, 0.25) is 0 Å². The first-order chi connectivity index (χ1) is 16.9. The smallest absolute Gasteiger partial charge is 0.326 e. The van der Waals surface area contributed by atoms with Crippen LogP contribution in [-0.2, 0) is 20.8 Å². The molecule has 3 N–H and O–H groups in total. The highest BCUT2D eigenvalue weighted by atomic mass is 32.2. The number of carboxylic acids is 1. The second kappa shape index (κ2) is 11.2. The second-order valence-corrected chi connectivity index (χ2v) is 9.57. The maximum Gasteiger partial charge on any atom is 0.326 e. The molecule has 7 nitrogen and oxygen atoms in total. The standard InChI is InChI=1S/C26H23N3O4S2/c30-23(28-21(25(32)33)15-18-16-27-20-11-5-4-10-19(18)20)13-14-29-24(31)22(35-26(29)34)12-6-9-17-7-2-1-3-8-17/h1-12,16,21,27H,13-15H2,(H,28,30)(H,32,33)/b9-6+,22-12+/t21-/m0/s1. The summed E-state index contributed by atoms with van der Waals surface area (Å²) >= 11 is 6.50. The molecule has 4 rings (SSSR count). The van der Waals surface area contributed by atoms with Gasteiger partial charge >= 0.3 is 5.97 Å². The topological polar surface area (TPSA) is 103 Å². The van der Waals surface area contributed by atoms with Crippen molar-refractivity contribution < 1.29 is 19.5 Å². The van der Waals surface area contributed by atoms with Crippen molar-refractivity contribution in [2.75, 3.05) is 6.54 Å². The van der Waals surface area contributed by atoms with E-state index in [1.807, 2.05) is 60.7 Å². The third-order valence-corrected chi connectivity index (χ3v) is 6.90. The Hall–Kier alpha value is -3.69. The maximum atomic E-state index is 12.7. The molecule has 1 saturated heterocycles. The van der Waals surface area contributed by atoms with Gasteiger partial charge in [0.1, 0.15) is 10.4 Å². The Labute approximate surface area is 211 Å². The fourth-order valence-electron chi connectivity index (χ4n) is 3.72. The van der Waals surface area contributed by atoms with Crippen LogP contribution >= 0.6 is 24.0 Å². The number of aliphatic carboxylic acids is 1. The minimum Gasteiger partial charge on any atom is -0.480 e. The highest BCUT2D eigenvalue weighted by molar-refractivity contribution is 8.26. The van der Waals surface area contributed by atoms with E-state index in [-0.39, 0.29) is 25.3 Å². The lowest BCUT2D eigenvalue weighted by Crippen LogP contribution is -2.43. The Morgan fingerprint density at radius 3 is 2.66 bits per heavy atom. The van der Waals surface area contributed by atoms with Crippen LogP contribution in [0.1, 0.15) is 17.5 Å². The van der Waals surface area contributed by atoms with Crippen molar-refractivity contribution in [3.8, 4) is 0 Å². The molecule has 35 heavy (non-hydrogen) atoms. The summed E-state index contributed by atoms with van der Waals surface area (Å²) < 4.78 is 0.371. The van der Waals surface area contributed by atoms with E-state index in [0.29, 0.717) is 9.23 Å². The number of rotatable bonds is 9. The van der Waals surface area contributed by atoms with E-state index in [0.717, 1.165) is 22.0 Å². The molecule has 0 saturated carbocycles. The van der Waals surface area contributed by atoms with Gasteiger partial charge in [-0.2, -0.15) is 0 Å². The monoisotopic (exact) mass is 505 g/mol. The molecule has 0 spiro atoms. The molecule has 1 fully saturated rings. The van der Waals surface area contributed by atoms with Gasteiger partial charge in [-0.05, 0) is 23.3 Å². The number of para-hydroxylation sites is 1. The molecule has 9 heteroatoms. The number of hydrogen-bond donors (Lipinski definition) is 3. The van der Waals surface area contributed by atoms with Crippen molar-refractivity contribution in [2.24, 2.45) is 0 Å². The summed E-state index contributed by atoms with van der Waals surface area (Å²) in [5, 5.41) is 13.1. The molecule has 0 bridgehead atoms. The first-order valence-corrected chi connectivity index (χ1v) is 12.2. The highest BCUT2D eigenvalue weighted by Crippen LogP contribution is 2.31. The number of thioether (sulfide) groups is 1. The average molecular weight is 506 g/mol. The zero-order chi connectivity index (χ0) is 24.8. The van der Waals surface area contributed by atoms with Gasteiger partial charge in [-0.15, -0.1) is 0 Å². The Kier molecular flexibility index (Phi) is 7.79. The van der Waals surface area contributed by atoms with Crippen LogP contribution in [-0.4, -0.2) is 49.7 Å². The van der Waals surface area contributed by atoms with E-state index in [4.69, 9.17) is 12.2 Å². The van der Waals surface area contributed by atoms with Crippen LogP contribution < -0.4 is 5.32 Å². The molecule has 0 radical (unpaired) electrons. The second-order valence-electron chi connectivity index (χ2n) is 7.90. The third kappa shape index (κ3) is 6.06. The summed E-state index contributed by atoms with van der Waals surface area (Å²) in [6.45, 7) is 0.0790. The number of benzene rings is 2. The molecule has 0 aliphatic carbocycles. The van der Waals surface area contributed by atoms with Crippen molar-refractivity contribution in [3.05, 3.63) is 89.0 Å². The van der Waals surface area contributed by atoms with Crippen molar-refractivity contribution in [1.82, 2.24) is 15.2 Å². The molecule has 1 aliphatic rings.